The van der Waals surface area contributed by atoms with Gasteiger partial charge in [0.1, 0.15) is 0 Å². The molecule has 2 N–H and O–H groups in total. The molecule has 17 heavy (non-hydrogen) atoms. The van der Waals surface area contributed by atoms with E-state index in [1.807, 2.05) is 30.9 Å². The topological polar surface area (TPSA) is 55.6 Å². The van der Waals surface area contributed by atoms with E-state index in [-0.39, 0.29) is 11.9 Å². The van der Waals surface area contributed by atoms with Gasteiger partial charge in [0.25, 0.3) is 5.91 Å². The fourth-order valence-corrected chi connectivity index (χ4v) is 2.04. The summed E-state index contributed by atoms with van der Waals surface area (Å²) < 4.78 is 5.33. The van der Waals surface area contributed by atoms with E-state index in [0.29, 0.717) is 31.0 Å². The standard InChI is InChI=1S/C13H18N2O2/c1-9-3-4-12(14)11(7-9)13(16)15-5-6-17-8-10(15)2/h3-4,7,10H,5-6,8,14H2,1-2H3/t10-/m1/s1. The number of nitrogen functional groups attached to an aromatic ring is 1. The Labute approximate surface area is 101 Å². The van der Waals surface area contributed by atoms with E-state index in [2.05, 4.69) is 0 Å². The van der Waals surface area contributed by atoms with Crippen molar-refractivity contribution in [3.8, 4) is 0 Å². The minimum absolute atomic E-state index is 0.00185. The van der Waals surface area contributed by atoms with Crippen LogP contribution in [0.2, 0.25) is 0 Å². The molecule has 1 aromatic carbocycles. The molecular weight excluding hydrogens is 216 g/mol. The number of morpholine rings is 1. The molecule has 1 saturated heterocycles. The Balaban J connectivity index is 2.26. The van der Waals surface area contributed by atoms with Gasteiger partial charge in [-0.2, -0.15) is 0 Å². The number of carbonyl (C=O) groups is 1. The number of nitrogens with zero attached hydrogens (tertiary/aromatic N) is 1. The Kier molecular flexibility index (Phi) is 3.33. The maximum atomic E-state index is 12.4. The van der Waals surface area contributed by atoms with Crippen molar-refractivity contribution in [1.29, 1.82) is 0 Å². The highest BCUT2D eigenvalue weighted by atomic mass is 16.5. The fraction of sp³-hybridized carbons (Fsp3) is 0.462. The lowest BCUT2D eigenvalue weighted by Crippen LogP contribution is -2.47. The van der Waals surface area contributed by atoms with E-state index in [4.69, 9.17) is 10.5 Å². The van der Waals surface area contributed by atoms with E-state index in [9.17, 15) is 4.79 Å². The van der Waals surface area contributed by atoms with E-state index in [1.165, 1.54) is 0 Å². The number of hydrogen-bond donors (Lipinski definition) is 1. The molecule has 1 fully saturated rings. The predicted octanol–water partition coefficient (Wildman–Crippen LogP) is 1.44. The Morgan fingerprint density at radius 2 is 2.29 bits per heavy atom. The third-order valence-corrected chi connectivity index (χ3v) is 3.07. The van der Waals surface area contributed by atoms with Crippen LogP contribution in [-0.4, -0.2) is 36.6 Å². The van der Waals surface area contributed by atoms with Gasteiger partial charge in [-0.3, -0.25) is 4.79 Å². The number of benzene rings is 1. The summed E-state index contributed by atoms with van der Waals surface area (Å²) in [4.78, 5) is 14.2. The highest BCUT2D eigenvalue weighted by Crippen LogP contribution is 2.18. The molecule has 4 nitrogen and oxygen atoms in total. The van der Waals surface area contributed by atoms with Gasteiger partial charge in [-0.15, -0.1) is 0 Å². The van der Waals surface area contributed by atoms with Gasteiger partial charge in [-0.1, -0.05) is 11.6 Å². The molecule has 1 amide bonds. The van der Waals surface area contributed by atoms with Crippen molar-refractivity contribution < 1.29 is 9.53 Å². The predicted molar refractivity (Wildman–Crippen MR) is 66.9 cm³/mol. The fourth-order valence-electron chi connectivity index (χ4n) is 2.04. The molecule has 1 atom stereocenters. The molecule has 0 radical (unpaired) electrons. The zero-order valence-electron chi connectivity index (χ0n) is 10.3. The van der Waals surface area contributed by atoms with Crippen LogP contribution in [0.4, 0.5) is 5.69 Å². The van der Waals surface area contributed by atoms with Crippen LogP contribution in [0, 0.1) is 6.92 Å². The molecule has 1 aromatic rings. The molecule has 2 rings (SSSR count). The molecule has 0 aliphatic carbocycles. The van der Waals surface area contributed by atoms with Crippen LogP contribution in [0.15, 0.2) is 18.2 Å². The highest BCUT2D eigenvalue weighted by molar-refractivity contribution is 5.99. The minimum atomic E-state index is 0.00185. The van der Waals surface area contributed by atoms with Gasteiger partial charge in [0.15, 0.2) is 0 Å². The second kappa shape index (κ2) is 4.75. The Morgan fingerprint density at radius 3 is 3.00 bits per heavy atom. The first-order valence-corrected chi connectivity index (χ1v) is 5.84. The average Bonchev–Trinajstić information content (AvgIpc) is 2.32. The summed E-state index contributed by atoms with van der Waals surface area (Å²) in [7, 11) is 0. The van der Waals surface area contributed by atoms with Crippen LogP contribution in [0.25, 0.3) is 0 Å². The van der Waals surface area contributed by atoms with Gasteiger partial charge < -0.3 is 15.4 Å². The van der Waals surface area contributed by atoms with Crippen molar-refractivity contribution in [3.63, 3.8) is 0 Å². The molecule has 4 heteroatoms. The summed E-state index contributed by atoms with van der Waals surface area (Å²) >= 11 is 0. The summed E-state index contributed by atoms with van der Waals surface area (Å²) in [5.41, 5.74) is 8.05. The van der Waals surface area contributed by atoms with Crippen molar-refractivity contribution in [2.24, 2.45) is 0 Å². The molecule has 92 valence electrons. The maximum absolute atomic E-state index is 12.4. The largest absolute Gasteiger partial charge is 0.398 e. The third-order valence-electron chi connectivity index (χ3n) is 3.07. The molecule has 1 heterocycles. The number of carbonyl (C=O) groups excluding carboxylic acids is 1. The molecule has 0 spiro atoms. The van der Waals surface area contributed by atoms with E-state index >= 15 is 0 Å². The van der Waals surface area contributed by atoms with Crippen LogP contribution < -0.4 is 5.73 Å². The third kappa shape index (κ3) is 2.42. The molecule has 0 unspecified atom stereocenters. The molecule has 0 bridgehead atoms. The first-order chi connectivity index (χ1) is 8.09. The average molecular weight is 234 g/mol. The lowest BCUT2D eigenvalue weighted by atomic mass is 10.1. The monoisotopic (exact) mass is 234 g/mol. The Hall–Kier alpha value is -1.55. The zero-order chi connectivity index (χ0) is 12.4. The number of rotatable bonds is 1. The second-order valence-electron chi connectivity index (χ2n) is 4.51. The number of hydrogen-bond acceptors (Lipinski definition) is 3. The summed E-state index contributed by atoms with van der Waals surface area (Å²) in [6.45, 7) is 5.77. The van der Waals surface area contributed by atoms with Crippen molar-refractivity contribution in [2.75, 3.05) is 25.5 Å². The maximum Gasteiger partial charge on any atom is 0.256 e. The lowest BCUT2D eigenvalue weighted by Gasteiger charge is -2.33. The smallest absolute Gasteiger partial charge is 0.256 e. The Bertz CT molecular complexity index is 431. The number of anilines is 1. The number of nitrogens with two attached hydrogens (primary N) is 1. The molecule has 0 saturated carbocycles. The van der Waals surface area contributed by atoms with Crippen LogP contribution >= 0.6 is 0 Å². The number of ether oxygens (including phenoxy) is 1. The van der Waals surface area contributed by atoms with E-state index < -0.39 is 0 Å². The van der Waals surface area contributed by atoms with Gasteiger partial charge in [0.2, 0.25) is 0 Å². The highest BCUT2D eigenvalue weighted by Gasteiger charge is 2.25. The Morgan fingerprint density at radius 1 is 1.53 bits per heavy atom. The van der Waals surface area contributed by atoms with E-state index in [0.717, 1.165) is 5.56 Å². The first-order valence-electron chi connectivity index (χ1n) is 5.84. The van der Waals surface area contributed by atoms with Gasteiger partial charge in [0.05, 0.1) is 24.8 Å². The van der Waals surface area contributed by atoms with E-state index in [1.54, 1.807) is 6.07 Å². The first kappa shape index (κ1) is 11.9. The second-order valence-corrected chi connectivity index (χ2v) is 4.51. The molecular formula is C13H18N2O2. The minimum Gasteiger partial charge on any atom is -0.398 e. The number of aryl methyl sites for hydroxylation is 1. The lowest BCUT2D eigenvalue weighted by molar-refractivity contribution is 0.00365. The SMILES string of the molecule is Cc1ccc(N)c(C(=O)N2CCOC[C@H]2C)c1. The summed E-state index contributed by atoms with van der Waals surface area (Å²) in [6.07, 6.45) is 0. The van der Waals surface area contributed by atoms with Crippen LogP contribution in [0.5, 0.6) is 0 Å². The van der Waals surface area contributed by atoms with Crippen LogP contribution in [0.1, 0.15) is 22.8 Å². The quantitative estimate of drug-likeness (QED) is 0.748. The van der Waals surface area contributed by atoms with Gasteiger partial charge in [0, 0.05) is 12.2 Å². The van der Waals surface area contributed by atoms with Gasteiger partial charge in [-0.25, -0.2) is 0 Å². The molecule has 1 aliphatic rings. The normalized spacial score (nSPS) is 20.4. The van der Waals surface area contributed by atoms with Crippen LogP contribution in [-0.2, 0) is 4.74 Å². The van der Waals surface area contributed by atoms with Crippen molar-refractivity contribution in [2.45, 2.75) is 19.9 Å². The summed E-state index contributed by atoms with van der Waals surface area (Å²) in [5.74, 6) is 0.00185. The van der Waals surface area contributed by atoms with Crippen molar-refractivity contribution >= 4 is 11.6 Å². The molecule has 0 aromatic heterocycles. The summed E-state index contributed by atoms with van der Waals surface area (Å²) in [5, 5.41) is 0. The van der Waals surface area contributed by atoms with Crippen LogP contribution in [0.3, 0.4) is 0 Å². The zero-order valence-corrected chi connectivity index (χ0v) is 10.3. The summed E-state index contributed by atoms with van der Waals surface area (Å²) in [6, 6.07) is 5.65. The number of amides is 1. The molecule has 1 aliphatic heterocycles. The van der Waals surface area contributed by atoms with Crippen molar-refractivity contribution in [1.82, 2.24) is 4.90 Å². The van der Waals surface area contributed by atoms with Gasteiger partial charge in [-0.05, 0) is 26.0 Å². The van der Waals surface area contributed by atoms with Crippen molar-refractivity contribution in [3.05, 3.63) is 29.3 Å². The van der Waals surface area contributed by atoms with Gasteiger partial charge >= 0.3 is 0 Å².